The molecule has 0 aliphatic carbocycles. The number of hydrogen-bond donors (Lipinski definition) is 4. The summed E-state index contributed by atoms with van der Waals surface area (Å²) in [6.45, 7) is 1.49. The molecule has 0 radical (unpaired) electrons. The van der Waals surface area contributed by atoms with Crippen molar-refractivity contribution in [2.75, 3.05) is 5.73 Å². The third-order valence-electron chi connectivity index (χ3n) is 4.54. The summed E-state index contributed by atoms with van der Waals surface area (Å²) in [6, 6.07) is 7.45. The molecule has 5 N–H and O–H groups in total. The van der Waals surface area contributed by atoms with E-state index in [1.807, 2.05) is 0 Å². The van der Waals surface area contributed by atoms with Gasteiger partial charge in [-0.2, -0.15) is 21.9 Å². The van der Waals surface area contributed by atoms with Gasteiger partial charge in [0, 0.05) is 4.90 Å². The van der Waals surface area contributed by atoms with Crippen LogP contribution in [-0.4, -0.2) is 46.0 Å². The molecular formula is C17H14N6O9S4. The fourth-order valence-corrected chi connectivity index (χ4v) is 5.47. The fraction of sp³-hybridized carbons (Fsp3) is 0.0588. The molecule has 0 atom stereocenters. The molecule has 0 spiro atoms. The molecule has 0 aliphatic rings. The average Bonchev–Trinajstić information content (AvgIpc) is 3.33. The van der Waals surface area contributed by atoms with E-state index in [9.17, 15) is 25.9 Å². The third kappa shape index (κ3) is 5.38. The number of fused-ring (bicyclic) bond motifs is 1. The van der Waals surface area contributed by atoms with E-state index in [-0.39, 0.29) is 22.3 Å². The van der Waals surface area contributed by atoms with E-state index in [0.29, 0.717) is 10.4 Å². The SMILES string of the molecule is Cc1nn(-c2cc(S(=O)(=O)O)ccc2S(=O)(=O)O)c(N)c1N=Nc1nc2ccc(SOOO)cc2s1. The van der Waals surface area contributed by atoms with Crippen LogP contribution in [0.2, 0.25) is 0 Å². The van der Waals surface area contributed by atoms with E-state index in [4.69, 9.17) is 11.0 Å². The highest BCUT2D eigenvalue weighted by Gasteiger charge is 2.24. The Kier molecular flexibility index (Phi) is 7.10. The Morgan fingerprint density at radius 3 is 2.50 bits per heavy atom. The van der Waals surface area contributed by atoms with Gasteiger partial charge in [-0.25, -0.2) is 14.9 Å². The van der Waals surface area contributed by atoms with Gasteiger partial charge in [-0.05, 0) is 43.3 Å². The number of benzene rings is 2. The number of nitrogens with two attached hydrogens (primary N) is 1. The second-order valence-electron chi connectivity index (χ2n) is 6.86. The Morgan fingerprint density at radius 2 is 1.83 bits per heavy atom. The van der Waals surface area contributed by atoms with Crippen molar-refractivity contribution in [3.05, 3.63) is 42.1 Å². The number of thiazole rings is 1. The van der Waals surface area contributed by atoms with Crippen molar-refractivity contribution in [1.29, 1.82) is 0 Å². The van der Waals surface area contributed by atoms with Crippen molar-refractivity contribution in [3.8, 4) is 5.69 Å². The lowest BCUT2D eigenvalue weighted by molar-refractivity contribution is -0.432. The quantitative estimate of drug-likeness (QED) is 0.0774. The first kappa shape index (κ1) is 26.1. The summed E-state index contributed by atoms with van der Waals surface area (Å²) in [5.74, 6) is -0.227. The summed E-state index contributed by atoms with van der Waals surface area (Å²) in [4.78, 5) is 3.57. The molecule has 2 aromatic carbocycles. The van der Waals surface area contributed by atoms with Gasteiger partial charge in [-0.1, -0.05) is 16.4 Å². The Hall–Kier alpha value is -3.01. The first-order chi connectivity index (χ1) is 16.9. The molecule has 0 saturated carbocycles. The van der Waals surface area contributed by atoms with Crippen LogP contribution in [0.3, 0.4) is 0 Å². The smallest absolute Gasteiger partial charge is 0.296 e. The molecule has 0 amide bonds. The summed E-state index contributed by atoms with van der Waals surface area (Å²) >= 11 is 1.95. The van der Waals surface area contributed by atoms with Gasteiger partial charge in [0.05, 0.1) is 38.5 Å². The molecular weight excluding hydrogens is 560 g/mol. The Balaban J connectivity index is 1.74. The number of rotatable bonds is 8. The van der Waals surface area contributed by atoms with E-state index in [0.717, 1.165) is 39.6 Å². The summed E-state index contributed by atoms with van der Waals surface area (Å²) < 4.78 is 71.7. The van der Waals surface area contributed by atoms with E-state index < -0.39 is 35.7 Å². The molecule has 2 aromatic heterocycles. The lowest BCUT2D eigenvalue weighted by Gasteiger charge is -2.10. The zero-order valence-corrected chi connectivity index (χ0v) is 21.0. The fourth-order valence-electron chi connectivity index (χ4n) is 3.02. The van der Waals surface area contributed by atoms with Crippen LogP contribution in [0.25, 0.3) is 15.9 Å². The number of nitrogen functional groups attached to an aromatic ring is 1. The number of hydrogen-bond acceptors (Lipinski definition) is 14. The molecule has 0 unspecified atom stereocenters. The third-order valence-corrected chi connectivity index (χ3v) is 7.77. The van der Waals surface area contributed by atoms with Crippen molar-refractivity contribution >= 4 is 70.5 Å². The minimum atomic E-state index is -4.83. The number of aryl methyl sites for hydroxylation is 1. The van der Waals surface area contributed by atoms with Gasteiger partial charge in [-0.15, -0.1) is 14.6 Å². The van der Waals surface area contributed by atoms with Gasteiger partial charge >= 0.3 is 0 Å². The zero-order chi connectivity index (χ0) is 26.3. The highest BCUT2D eigenvalue weighted by molar-refractivity contribution is 7.94. The number of aromatic nitrogens is 3. The van der Waals surface area contributed by atoms with E-state index in [1.165, 1.54) is 18.3 Å². The van der Waals surface area contributed by atoms with Crippen molar-refractivity contribution in [1.82, 2.24) is 14.8 Å². The van der Waals surface area contributed by atoms with Crippen molar-refractivity contribution < 1.29 is 40.6 Å². The monoisotopic (exact) mass is 574 g/mol. The van der Waals surface area contributed by atoms with E-state index >= 15 is 0 Å². The van der Waals surface area contributed by atoms with Crippen LogP contribution < -0.4 is 5.73 Å². The molecule has 4 aromatic rings. The topological polar surface area (TPSA) is 229 Å². The Bertz CT molecular complexity index is 1710. The van der Waals surface area contributed by atoms with Gasteiger partial charge in [-0.3, -0.25) is 9.11 Å². The lowest BCUT2D eigenvalue weighted by atomic mass is 10.3. The van der Waals surface area contributed by atoms with Gasteiger partial charge < -0.3 is 5.73 Å². The van der Waals surface area contributed by atoms with Crippen molar-refractivity contribution in [2.24, 2.45) is 10.2 Å². The normalized spacial score (nSPS) is 12.7. The highest BCUT2D eigenvalue weighted by Crippen LogP contribution is 2.36. The Labute approximate surface area is 210 Å². The second kappa shape index (κ2) is 9.80. The zero-order valence-electron chi connectivity index (χ0n) is 17.7. The molecule has 0 aliphatic heterocycles. The molecule has 4 rings (SSSR count). The van der Waals surface area contributed by atoms with Crippen LogP contribution in [0.15, 0.2) is 61.3 Å². The largest absolute Gasteiger partial charge is 0.382 e. The summed E-state index contributed by atoms with van der Waals surface area (Å²) in [6.07, 6.45) is 0. The van der Waals surface area contributed by atoms with Crippen LogP contribution >= 0.6 is 23.4 Å². The van der Waals surface area contributed by atoms with Crippen LogP contribution in [0.1, 0.15) is 5.69 Å². The van der Waals surface area contributed by atoms with Gasteiger partial charge in [0.1, 0.15) is 4.90 Å². The van der Waals surface area contributed by atoms with Gasteiger partial charge in [0.2, 0.25) is 5.13 Å². The van der Waals surface area contributed by atoms with Gasteiger partial charge in [0.15, 0.2) is 11.5 Å². The second-order valence-corrected chi connectivity index (χ2v) is 11.5. The standard InChI is InChI=1S/C17H14N6O9S4/c1-8-15(20-21-17-19-11-4-2-9(34-32-31-24)6-13(11)33-17)16(18)23(22-8)12-7-10(35(25,26)27)3-5-14(12)36(28,29)30/h2-7,24H,18H2,1H3,(H,25,26,27)(H,28,29,30). The number of anilines is 1. The molecule has 36 heavy (non-hydrogen) atoms. The minimum absolute atomic E-state index is 0.0255. The van der Waals surface area contributed by atoms with E-state index in [1.54, 1.807) is 18.2 Å². The average molecular weight is 575 g/mol. The first-order valence-corrected chi connectivity index (χ1v) is 13.7. The number of nitrogens with zero attached hydrogens (tertiary/aromatic N) is 5. The molecule has 190 valence electrons. The highest BCUT2D eigenvalue weighted by atomic mass is 32.2. The van der Waals surface area contributed by atoms with Crippen LogP contribution in [-0.2, 0) is 29.6 Å². The molecule has 0 saturated heterocycles. The molecule has 2 heterocycles. The molecule has 19 heteroatoms. The predicted octanol–water partition coefficient (Wildman–Crippen LogP) is 3.71. The van der Waals surface area contributed by atoms with Gasteiger partial charge in [0.25, 0.3) is 20.2 Å². The number of azo groups is 1. The van der Waals surface area contributed by atoms with Crippen molar-refractivity contribution in [3.63, 3.8) is 0 Å². The maximum atomic E-state index is 11.9. The van der Waals surface area contributed by atoms with Crippen molar-refractivity contribution in [2.45, 2.75) is 21.6 Å². The van der Waals surface area contributed by atoms with Crippen LogP contribution in [0.4, 0.5) is 16.6 Å². The minimum Gasteiger partial charge on any atom is -0.382 e. The lowest BCUT2D eigenvalue weighted by Crippen LogP contribution is -2.11. The summed E-state index contributed by atoms with van der Waals surface area (Å²) in [5.41, 5.74) is 6.49. The predicted molar refractivity (Wildman–Crippen MR) is 127 cm³/mol. The van der Waals surface area contributed by atoms with E-state index in [2.05, 4.69) is 29.7 Å². The van der Waals surface area contributed by atoms with Crippen LogP contribution in [0, 0.1) is 6.92 Å². The van der Waals surface area contributed by atoms with Crippen LogP contribution in [0.5, 0.6) is 0 Å². The summed E-state index contributed by atoms with van der Waals surface area (Å²) in [5, 5.41) is 24.3. The maximum absolute atomic E-state index is 11.9. The summed E-state index contributed by atoms with van der Waals surface area (Å²) in [7, 11) is -9.55. The maximum Gasteiger partial charge on any atom is 0.296 e. The molecule has 0 bridgehead atoms. The molecule has 15 nitrogen and oxygen atoms in total. The molecule has 0 fully saturated rings. The first-order valence-electron chi connectivity index (χ1n) is 9.30. The Morgan fingerprint density at radius 1 is 1.08 bits per heavy atom.